The van der Waals surface area contributed by atoms with E-state index in [-0.39, 0.29) is 11.7 Å². The number of fused-ring (bicyclic) bond motifs is 1. The topological polar surface area (TPSA) is 66.6 Å². The molecule has 0 spiro atoms. The molecule has 2 aromatic carbocycles. The van der Waals surface area contributed by atoms with Crippen molar-refractivity contribution in [2.75, 3.05) is 25.6 Å². The van der Waals surface area contributed by atoms with Crippen LogP contribution in [0.4, 0.5) is 5.69 Å². The Morgan fingerprint density at radius 3 is 2.81 bits per heavy atom. The Labute approximate surface area is 193 Å². The fourth-order valence-corrected chi connectivity index (χ4v) is 4.33. The van der Waals surface area contributed by atoms with Crippen LogP contribution >= 0.6 is 12.2 Å². The number of hydrogen-bond acceptors (Lipinski definition) is 4. The Balaban J connectivity index is 1.61. The number of H-pyrrole nitrogens is 1. The predicted molar refractivity (Wildman–Crippen MR) is 133 cm³/mol. The normalized spacial score (nSPS) is 15.7. The number of nitrogens with zero attached hydrogens (tertiary/aromatic N) is 1. The van der Waals surface area contributed by atoms with Crippen LogP contribution in [0.1, 0.15) is 29.5 Å². The summed E-state index contributed by atoms with van der Waals surface area (Å²) in [5.41, 5.74) is 4.60. The summed E-state index contributed by atoms with van der Waals surface area (Å²) < 4.78 is 11.2. The number of ether oxygens (including phenoxy) is 2. The highest BCUT2D eigenvalue weighted by Gasteiger charge is 2.22. The molecule has 2 N–H and O–H groups in total. The zero-order chi connectivity index (χ0) is 22.7. The third-order valence-electron chi connectivity index (χ3n) is 5.85. The zero-order valence-electron chi connectivity index (χ0n) is 18.7. The minimum Gasteiger partial charge on any atom is -0.497 e. The molecule has 2 heterocycles. The minimum absolute atomic E-state index is 0.105. The number of anilines is 1. The van der Waals surface area contributed by atoms with Crippen molar-refractivity contribution < 1.29 is 9.47 Å². The lowest BCUT2D eigenvalue weighted by Crippen LogP contribution is -2.40. The van der Waals surface area contributed by atoms with Gasteiger partial charge in [0.25, 0.3) is 5.56 Å². The molecule has 1 aliphatic heterocycles. The van der Waals surface area contributed by atoms with Crippen LogP contribution in [-0.4, -0.2) is 41.4 Å². The molecule has 1 saturated heterocycles. The highest BCUT2D eigenvalue weighted by molar-refractivity contribution is 7.80. The smallest absolute Gasteiger partial charge is 0.253 e. The first-order valence-electron chi connectivity index (χ1n) is 10.9. The van der Waals surface area contributed by atoms with E-state index in [4.69, 9.17) is 21.7 Å². The molecule has 1 atom stereocenters. The number of thiocarbonyl (C=S) groups is 1. The number of hydrogen-bond donors (Lipinski definition) is 2. The van der Waals surface area contributed by atoms with E-state index >= 15 is 0 Å². The first-order valence-corrected chi connectivity index (χ1v) is 11.3. The molecule has 0 bridgehead atoms. The largest absolute Gasteiger partial charge is 0.497 e. The third kappa shape index (κ3) is 5.11. The molecule has 32 heavy (non-hydrogen) atoms. The number of methoxy groups -OCH3 is 1. The van der Waals surface area contributed by atoms with Crippen LogP contribution in [0, 0.1) is 13.8 Å². The van der Waals surface area contributed by atoms with Crippen molar-refractivity contribution in [3.8, 4) is 5.75 Å². The lowest BCUT2D eigenvalue weighted by Gasteiger charge is -2.28. The van der Waals surface area contributed by atoms with E-state index < -0.39 is 0 Å². The second-order valence-electron chi connectivity index (χ2n) is 8.34. The molecule has 168 valence electrons. The van der Waals surface area contributed by atoms with Gasteiger partial charge >= 0.3 is 0 Å². The third-order valence-corrected chi connectivity index (χ3v) is 6.21. The van der Waals surface area contributed by atoms with Crippen LogP contribution < -0.4 is 15.6 Å². The monoisotopic (exact) mass is 451 g/mol. The van der Waals surface area contributed by atoms with Crippen LogP contribution in [-0.2, 0) is 11.3 Å². The highest BCUT2D eigenvalue weighted by Crippen LogP contribution is 2.22. The lowest BCUT2D eigenvalue weighted by molar-refractivity contribution is 0.0904. The SMILES string of the molecule is COc1ccc2[nH]c(=O)c(CN(CC3CCCO3)C(=S)Nc3ccc(C)cc3C)cc2c1. The van der Waals surface area contributed by atoms with Gasteiger partial charge in [0, 0.05) is 35.3 Å². The molecule has 0 radical (unpaired) electrons. The van der Waals surface area contributed by atoms with E-state index in [0.29, 0.717) is 23.8 Å². The molecule has 1 fully saturated rings. The van der Waals surface area contributed by atoms with Crippen molar-refractivity contribution in [2.45, 2.75) is 39.3 Å². The first kappa shape index (κ1) is 22.3. The molecule has 3 aromatic rings. The summed E-state index contributed by atoms with van der Waals surface area (Å²) in [6.07, 6.45) is 2.15. The van der Waals surface area contributed by atoms with Crippen molar-refractivity contribution in [1.82, 2.24) is 9.88 Å². The molecule has 4 rings (SSSR count). The van der Waals surface area contributed by atoms with Gasteiger partial charge in [0.2, 0.25) is 0 Å². The number of pyridine rings is 1. The van der Waals surface area contributed by atoms with Crippen LogP contribution in [0.15, 0.2) is 47.3 Å². The van der Waals surface area contributed by atoms with Gasteiger partial charge in [-0.25, -0.2) is 0 Å². The molecule has 1 unspecified atom stereocenters. The summed E-state index contributed by atoms with van der Waals surface area (Å²) in [4.78, 5) is 17.8. The second-order valence-corrected chi connectivity index (χ2v) is 8.73. The van der Waals surface area contributed by atoms with Crippen molar-refractivity contribution in [3.05, 3.63) is 69.5 Å². The minimum atomic E-state index is -0.116. The van der Waals surface area contributed by atoms with Crippen molar-refractivity contribution in [1.29, 1.82) is 0 Å². The van der Waals surface area contributed by atoms with Crippen LogP contribution in [0.25, 0.3) is 10.9 Å². The predicted octanol–water partition coefficient (Wildman–Crippen LogP) is 4.53. The maximum atomic E-state index is 12.8. The quantitative estimate of drug-likeness (QED) is 0.537. The number of nitrogens with one attached hydrogen (secondary N) is 2. The van der Waals surface area contributed by atoms with E-state index in [0.717, 1.165) is 47.4 Å². The van der Waals surface area contributed by atoms with Crippen LogP contribution in [0.3, 0.4) is 0 Å². The van der Waals surface area contributed by atoms with Gasteiger partial charge < -0.3 is 24.7 Å². The summed E-state index contributed by atoms with van der Waals surface area (Å²) in [6.45, 7) is 5.92. The van der Waals surface area contributed by atoms with E-state index in [9.17, 15) is 4.79 Å². The fourth-order valence-electron chi connectivity index (χ4n) is 4.08. The molecule has 0 amide bonds. The van der Waals surface area contributed by atoms with Gasteiger partial charge in [-0.3, -0.25) is 4.79 Å². The van der Waals surface area contributed by atoms with Gasteiger partial charge in [0.15, 0.2) is 5.11 Å². The van der Waals surface area contributed by atoms with Crippen molar-refractivity contribution in [2.24, 2.45) is 0 Å². The molecular weight excluding hydrogens is 422 g/mol. The van der Waals surface area contributed by atoms with E-state index in [1.54, 1.807) is 7.11 Å². The van der Waals surface area contributed by atoms with Crippen molar-refractivity contribution in [3.63, 3.8) is 0 Å². The van der Waals surface area contributed by atoms with E-state index in [1.807, 2.05) is 35.2 Å². The maximum absolute atomic E-state index is 12.8. The van der Waals surface area contributed by atoms with E-state index in [2.05, 4.69) is 36.3 Å². The van der Waals surface area contributed by atoms with Gasteiger partial charge in [-0.15, -0.1) is 0 Å². The van der Waals surface area contributed by atoms with Crippen LogP contribution in [0.2, 0.25) is 0 Å². The van der Waals surface area contributed by atoms with Gasteiger partial charge in [0.1, 0.15) is 5.75 Å². The number of benzene rings is 2. The lowest BCUT2D eigenvalue weighted by atomic mass is 10.1. The van der Waals surface area contributed by atoms with Gasteiger partial charge in [-0.2, -0.15) is 0 Å². The number of aryl methyl sites for hydroxylation is 2. The number of aromatic amines is 1. The Kier molecular flexibility index (Phi) is 6.77. The summed E-state index contributed by atoms with van der Waals surface area (Å²) in [5.74, 6) is 0.749. The summed E-state index contributed by atoms with van der Waals surface area (Å²) in [7, 11) is 1.63. The molecule has 6 nitrogen and oxygen atoms in total. The molecule has 0 aliphatic carbocycles. The zero-order valence-corrected chi connectivity index (χ0v) is 19.6. The van der Waals surface area contributed by atoms with E-state index in [1.165, 1.54) is 5.56 Å². The average Bonchev–Trinajstić information content (AvgIpc) is 3.28. The number of rotatable bonds is 6. The molecule has 7 heteroatoms. The Hall–Kier alpha value is -2.90. The van der Waals surface area contributed by atoms with Gasteiger partial charge in [-0.05, 0) is 74.8 Å². The molecule has 1 aliphatic rings. The summed E-state index contributed by atoms with van der Waals surface area (Å²) in [5, 5.41) is 4.88. The molecule has 1 aromatic heterocycles. The highest BCUT2D eigenvalue weighted by atomic mass is 32.1. The standard InChI is InChI=1S/C25H29N3O3S/c1-16-6-8-22(17(2)11-16)27-25(32)28(15-21-5-4-10-31-21)14-19-12-18-13-20(30-3)7-9-23(18)26-24(19)29/h6-9,11-13,21H,4-5,10,14-15H2,1-3H3,(H,26,29)(H,27,32). The number of aromatic nitrogens is 1. The first-order chi connectivity index (χ1) is 15.4. The average molecular weight is 452 g/mol. The summed E-state index contributed by atoms with van der Waals surface area (Å²) >= 11 is 5.79. The van der Waals surface area contributed by atoms with Gasteiger partial charge in [0.05, 0.1) is 19.8 Å². The van der Waals surface area contributed by atoms with Crippen molar-refractivity contribution >= 4 is 33.9 Å². The molecular formula is C25H29N3O3S. The Morgan fingerprint density at radius 1 is 1.25 bits per heavy atom. The van der Waals surface area contributed by atoms with Gasteiger partial charge in [-0.1, -0.05) is 17.7 Å². The maximum Gasteiger partial charge on any atom is 0.253 e. The summed E-state index contributed by atoms with van der Waals surface area (Å²) in [6, 6.07) is 13.8. The second kappa shape index (κ2) is 9.71. The Bertz CT molecular complexity index is 1180. The fraction of sp³-hybridized carbons (Fsp3) is 0.360. The van der Waals surface area contributed by atoms with Crippen LogP contribution in [0.5, 0.6) is 5.75 Å². The Morgan fingerprint density at radius 2 is 2.09 bits per heavy atom. The molecule has 0 saturated carbocycles.